The maximum absolute atomic E-state index is 4.43. The molecule has 0 fully saturated rings. The van der Waals surface area contributed by atoms with Crippen LogP contribution >= 0.6 is 38.6 Å². The van der Waals surface area contributed by atoms with Gasteiger partial charge in [-0.1, -0.05) is 0 Å². The summed E-state index contributed by atoms with van der Waals surface area (Å²) in [6.07, 6.45) is 0. The molecule has 0 amide bonds. The highest BCUT2D eigenvalue weighted by atomic mass is 79.9. The molecule has 2 aromatic heterocycles. The molecule has 0 aliphatic rings. The summed E-state index contributed by atoms with van der Waals surface area (Å²) in [6.45, 7) is 4.99. The molecule has 0 bridgehead atoms. The summed E-state index contributed by atoms with van der Waals surface area (Å²) in [5.41, 5.74) is 1.12. The van der Waals surface area contributed by atoms with Gasteiger partial charge in [0.1, 0.15) is 0 Å². The number of aromatic nitrogens is 1. The van der Waals surface area contributed by atoms with Gasteiger partial charge in [-0.05, 0) is 41.9 Å². The number of rotatable bonds is 3. The minimum atomic E-state index is 0.850. The van der Waals surface area contributed by atoms with Gasteiger partial charge in [-0.3, -0.25) is 0 Å². The van der Waals surface area contributed by atoms with Crippen molar-refractivity contribution >= 4 is 43.7 Å². The van der Waals surface area contributed by atoms with E-state index in [1.807, 2.05) is 6.92 Å². The molecule has 0 radical (unpaired) electrons. The van der Waals surface area contributed by atoms with E-state index in [2.05, 4.69) is 45.3 Å². The molecule has 5 heteroatoms. The second kappa shape index (κ2) is 4.63. The van der Waals surface area contributed by atoms with Crippen LogP contribution in [-0.4, -0.2) is 4.98 Å². The van der Waals surface area contributed by atoms with Crippen LogP contribution in [0, 0.1) is 13.8 Å². The van der Waals surface area contributed by atoms with Gasteiger partial charge in [-0.2, -0.15) is 0 Å². The van der Waals surface area contributed by atoms with E-state index in [0.29, 0.717) is 0 Å². The molecule has 0 saturated heterocycles. The Balaban J connectivity index is 1.99. The molecule has 0 unspecified atom stereocenters. The first-order chi connectivity index (χ1) is 7.15. The first kappa shape index (κ1) is 11.1. The van der Waals surface area contributed by atoms with Crippen LogP contribution in [0.2, 0.25) is 0 Å². The van der Waals surface area contributed by atoms with Gasteiger partial charge in [0.05, 0.1) is 16.0 Å². The monoisotopic (exact) mass is 302 g/mol. The third-order valence-corrected chi connectivity index (χ3v) is 4.73. The van der Waals surface area contributed by atoms with E-state index in [1.54, 1.807) is 22.7 Å². The first-order valence-electron chi connectivity index (χ1n) is 4.57. The Morgan fingerprint density at radius 1 is 1.33 bits per heavy atom. The van der Waals surface area contributed by atoms with E-state index in [0.717, 1.165) is 17.4 Å². The zero-order valence-electron chi connectivity index (χ0n) is 8.50. The Bertz CT molecular complexity index is 442. The van der Waals surface area contributed by atoms with Gasteiger partial charge < -0.3 is 5.32 Å². The Kier molecular flexibility index (Phi) is 3.43. The van der Waals surface area contributed by atoms with Crippen LogP contribution in [0.3, 0.4) is 0 Å². The van der Waals surface area contributed by atoms with Crippen LogP contribution in [0.1, 0.15) is 15.4 Å². The molecule has 15 heavy (non-hydrogen) atoms. The number of thiazole rings is 1. The van der Waals surface area contributed by atoms with Crippen molar-refractivity contribution in [1.82, 2.24) is 4.98 Å². The largest absolute Gasteiger partial charge is 0.357 e. The van der Waals surface area contributed by atoms with Crippen molar-refractivity contribution in [2.24, 2.45) is 0 Å². The maximum atomic E-state index is 4.43. The van der Waals surface area contributed by atoms with Gasteiger partial charge in [-0.15, -0.1) is 22.7 Å². The lowest BCUT2D eigenvalue weighted by atomic mass is 10.4. The van der Waals surface area contributed by atoms with Crippen molar-refractivity contribution in [3.63, 3.8) is 0 Å². The highest BCUT2D eigenvalue weighted by Gasteiger charge is 2.03. The molecule has 0 spiro atoms. The lowest BCUT2D eigenvalue weighted by Gasteiger charge is -1.98. The van der Waals surface area contributed by atoms with Crippen molar-refractivity contribution in [2.75, 3.05) is 5.32 Å². The fourth-order valence-corrected chi connectivity index (χ4v) is 3.39. The predicted molar refractivity (Wildman–Crippen MR) is 70.9 cm³/mol. The third-order valence-electron chi connectivity index (χ3n) is 2.07. The zero-order chi connectivity index (χ0) is 10.8. The lowest BCUT2D eigenvalue weighted by molar-refractivity contribution is 1.14. The van der Waals surface area contributed by atoms with Crippen LogP contribution in [0.5, 0.6) is 0 Å². The summed E-state index contributed by atoms with van der Waals surface area (Å²) in [5.74, 6) is 0. The zero-order valence-corrected chi connectivity index (χ0v) is 11.7. The highest BCUT2D eigenvalue weighted by molar-refractivity contribution is 9.11. The van der Waals surface area contributed by atoms with Gasteiger partial charge in [0, 0.05) is 9.75 Å². The minimum Gasteiger partial charge on any atom is -0.357 e. The molecule has 80 valence electrons. The fraction of sp³-hybridized carbons (Fsp3) is 0.300. The summed E-state index contributed by atoms with van der Waals surface area (Å²) in [4.78, 5) is 7.03. The van der Waals surface area contributed by atoms with Gasteiger partial charge >= 0.3 is 0 Å². The van der Waals surface area contributed by atoms with Gasteiger partial charge in [0.25, 0.3) is 0 Å². The number of nitrogens with one attached hydrogen (secondary N) is 1. The highest BCUT2D eigenvalue weighted by Crippen LogP contribution is 2.25. The molecule has 0 saturated carbocycles. The number of anilines is 1. The molecule has 2 rings (SSSR count). The van der Waals surface area contributed by atoms with Crippen LogP contribution in [-0.2, 0) is 6.54 Å². The molecule has 2 nitrogen and oxygen atoms in total. The summed E-state index contributed by atoms with van der Waals surface area (Å²) in [7, 11) is 0. The van der Waals surface area contributed by atoms with Crippen molar-refractivity contribution in [3.8, 4) is 0 Å². The van der Waals surface area contributed by atoms with Gasteiger partial charge in [-0.25, -0.2) is 4.98 Å². The summed E-state index contributed by atoms with van der Waals surface area (Å²) >= 11 is 6.91. The Morgan fingerprint density at radius 3 is 2.67 bits per heavy atom. The first-order valence-corrected chi connectivity index (χ1v) is 7.00. The van der Waals surface area contributed by atoms with Gasteiger partial charge in [0.2, 0.25) is 0 Å². The summed E-state index contributed by atoms with van der Waals surface area (Å²) < 4.78 is 1.17. The molecule has 2 heterocycles. The maximum Gasteiger partial charge on any atom is 0.183 e. The molecule has 2 aromatic rings. The molecule has 0 aliphatic heterocycles. The number of thiophene rings is 1. The van der Waals surface area contributed by atoms with Crippen LogP contribution in [0.4, 0.5) is 5.13 Å². The number of hydrogen-bond donors (Lipinski definition) is 1. The third kappa shape index (κ3) is 2.80. The number of hydrogen-bond acceptors (Lipinski definition) is 4. The number of halogens is 1. The fourth-order valence-electron chi connectivity index (χ4n) is 1.16. The smallest absolute Gasteiger partial charge is 0.183 e. The van der Waals surface area contributed by atoms with E-state index in [1.165, 1.54) is 13.5 Å². The van der Waals surface area contributed by atoms with E-state index in [-0.39, 0.29) is 0 Å². The number of nitrogens with zero attached hydrogens (tertiary/aromatic N) is 1. The molecule has 1 N–H and O–H groups in total. The van der Waals surface area contributed by atoms with Crippen LogP contribution < -0.4 is 5.32 Å². The Morgan fingerprint density at radius 2 is 2.13 bits per heavy atom. The molecule has 0 aliphatic carbocycles. The van der Waals surface area contributed by atoms with Crippen LogP contribution in [0.15, 0.2) is 15.9 Å². The topological polar surface area (TPSA) is 24.9 Å². The molecular formula is C10H11BrN2S2. The van der Waals surface area contributed by atoms with E-state index in [4.69, 9.17) is 0 Å². The van der Waals surface area contributed by atoms with Crippen molar-refractivity contribution in [3.05, 3.63) is 31.4 Å². The summed E-state index contributed by atoms with van der Waals surface area (Å²) in [5, 5.41) is 4.34. The van der Waals surface area contributed by atoms with Crippen molar-refractivity contribution in [2.45, 2.75) is 20.4 Å². The van der Waals surface area contributed by atoms with Crippen LogP contribution in [0.25, 0.3) is 0 Å². The standard InChI is InChI=1S/C10H11BrN2S2/c1-6-7(2)14-10(13-6)12-5-8-3-4-9(11)15-8/h3-4H,5H2,1-2H3,(H,12,13). The minimum absolute atomic E-state index is 0.850. The predicted octanol–water partition coefficient (Wildman–Crippen LogP) is 4.20. The Labute approximate surface area is 106 Å². The second-order valence-electron chi connectivity index (χ2n) is 3.22. The lowest BCUT2D eigenvalue weighted by Crippen LogP contribution is -1.96. The summed E-state index contributed by atoms with van der Waals surface area (Å²) in [6, 6.07) is 4.19. The number of aryl methyl sites for hydroxylation is 2. The second-order valence-corrected chi connectivity index (χ2v) is 6.97. The van der Waals surface area contributed by atoms with E-state index in [9.17, 15) is 0 Å². The average Bonchev–Trinajstić information content (AvgIpc) is 2.72. The van der Waals surface area contributed by atoms with E-state index < -0.39 is 0 Å². The average molecular weight is 303 g/mol. The molecular weight excluding hydrogens is 292 g/mol. The quantitative estimate of drug-likeness (QED) is 0.919. The van der Waals surface area contributed by atoms with Gasteiger partial charge in [0.15, 0.2) is 5.13 Å². The SMILES string of the molecule is Cc1nc(NCc2ccc(Br)s2)sc1C. The van der Waals surface area contributed by atoms with Crippen molar-refractivity contribution < 1.29 is 0 Å². The molecule has 0 aromatic carbocycles. The molecule has 0 atom stereocenters. The van der Waals surface area contributed by atoms with E-state index >= 15 is 0 Å². The Hall–Kier alpha value is -0.390. The normalized spacial score (nSPS) is 10.6. The van der Waals surface area contributed by atoms with Crippen molar-refractivity contribution in [1.29, 1.82) is 0 Å².